The van der Waals surface area contributed by atoms with Crippen molar-refractivity contribution in [3.05, 3.63) is 12.2 Å². The topological polar surface area (TPSA) is 39.9 Å². The molecule has 2 rings (SSSR count). The normalized spacial score (nSPS) is 18.7. The van der Waals surface area contributed by atoms with E-state index in [2.05, 4.69) is 28.6 Å². The van der Waals surface area contributed by atoms with Crippen LogP contribution in [0.3, 0.4) is 0 Å². The highest BCUT2D eigenvalue weighted by atomic mass is 16.5. The van der Waals surface area contributed by atoms with E-state index in [4.69, 9.17) is 4.74 Å². The van der Waals surface area contributed by atoms with E-state index in [1.807, 2.05) is 6.33 Å². The Morgan fingerprint density at radius 1 is 1.39 bits per heavy atom. The van der Waals surface area contributed by atoms with E-state index < -0.39 is 0 Å². The summed E-state index contributed by atoms with van der Waals surface area (Å²) in [5.41, 5.74) is 0.262. The van der Waals surface area contributed by atoms with Gasteiger partial charge in [0.1, 0.15) is 12.2 Å². The Balaban J connectivity index is 2.22. The number of hydrogen-bond donors (Lipinski definition) is 0. The molecule has 4 heteroatoms. The average Bonchev–Trinajstić information content (AvgIpc) is 2.94. The maximum atomic E-state index is 5.17. The summed E-state index contributed by atoms with van der Waals surface area (Å²) in [4.78, 5) is 0. The first-order valence-electron chi connectivity index (χ1n) is 7.05. The Labute approximate surface area is 110 Å². The highest BCUT2D eigenvalue weighted by molar-refractivity contribution is 5.11. The third-order valence-electron chi connectivity index (χ3n) is 3.99. The van der Waals surface area contributed by atoms with Crippen LogP contribution < -0.4 is 0 Å². The second-order valence-corrected chi connectivity index (χ2v) is 5.93. The molecule has 0 unspecified atom stereocenters. The lowest BCUT2D eigenvalue weighted by Gasteiger charge is -2.30. The molecule has 18 heavy (non-hydrogen) atoms. The van der Waals surface area contributed by atoms with Crippen molar-refractivity contribution < 1.29 is 4.74 Å². The van der Waals surface area contributed by atoms with Crippen molar-refractivity contribution in [1.82, 2.24) is 14.8 Å². The molecule has 1 aliphatic carbocycles. The number of aromatic nitrogens is 3. The summed E-state index contributed by atoms with van der Waals surface area (Å²) in [7, 11) is 1.74. The molecule has 1 aliphatic rings. The van der Waals surface area contributed by atoms with E-state index in [0.29, 0.717) is 5.92 Å². The molecule has 0 radical (unpaired) electrons. The summed E-state index contributed by atoms with van der Waals surface area (Å²) in [5.74, 6) is 1.89. The van der Waals surface area contributed by atoms with Gasteiger partial charge in [0.2, 0.25) is 0 Å². The van der Waals surface area contributed by atoms with E-state index in [1.54, 1.807) is 7.11 Å². The zero-order valence-corrected chi connectivity index (χ0v) is 11.9. The first kappa shape index (κ1) is 13.5. The fourth-order valence-corrected chi connectivity index (χ4v) is 3.37. The van der Waals surface area contributed by atoms with Crippen LogP contribution in [0.4, 0.5) is 0 Å². The van der Waals surface area contributed by atoms with Gasteiger partial charge in [0.05, 0.1) is 6.61 Å². The van der Waals surface area contributed by atoms with Crippen LogP contribution in [-0.2, 0) is 16.7 Å². The Kier molecular flexibility index (Phi) is 4.38. The van der Waals surface area contributed by atoms with E-state index in [1.165, 1.54) is 37.9 Å². The van der Waals surface area contributed by atoms with Crippen LogP contribution >= 0.6 is 0 Å². The molecule has 102 valence electrons. The standard InChI is InChI=1S/C14H25N3O/c1-12(2)10-14(6-4-5-7-14)13-16-15-11-17(13)8-9-18-3/h11-12H,4-10H2,1-3H3. The predicted molar refractivity (Wildman–Crippen MR) is 71.5 cm³/mol. The van der Waals surface area contributed by atoms with E-state index in [-0.39, 0.29) is 5.41 Å². The molecule has 1 fully saturated rings. The first-order chi connectivity index (χ1) is 8.68. The molecule has 0 aliphatic heterocycles. The number of hydrogen-bond acceptors (Lipinski definition) is 3. The molecule has 0 amide bonds. The fraction of sp³-hybridized carbons (Fsp3) is 0.857. The quantitative estimate of drug-likeness (QED) is 0.780. The molecule has 1 aromatic heterocycles. The number of nitrogens with zero attached hydrogens (tertiary/aromatic N) is 3. The number of ether oxygens (including phenoxy) is 1. The zero-order valence-electron chi connectivity index (χ0n) is 11.9. The third-order valence-corrected chi connectivity index (χ3v) is 3.99. The van der Waals surface area contributed by atoms with Gasteiger partial charge in [-0.15, -0.1) is 10.2 Å². The Morgan fingerprint density at radius 3 is 2.72 bits per heavy atom. The maximum Gasteiger partial charge on any atom is 0.139 e. The van der Waals surface area contributed by atoms with Gasteiger partial charge in [0, 0.05) is 19.1 Å². The smallest absolute Gasteiger partial charge is 0.139 e. The average molecular weight is 251 g/mol. The van der Waals surface area contributed by atoms with Crippen molar-refractivity contribution in [3.8, 4) is 0 Å². The van der Waals surface area contributed by atoms with E-state index >= 15 is 0 Å². The van der Waals surface area contributed by atoms with Gasteiger partial charge in [-0.1, -0.05) is 26.7 Å². The van der Waals surface area contributed by atoms with Crippen molar-refractivity contribution >= 4 is 0 Å². The summed E-state index contributed by atoms with van der Waals surface area (Å²) >= 11 is 0. The second-order valence-electron chi connectivity index (χ2n) is 5.93. The summed E-state index contributed by atoms with van der Waals surface area (Å²) in [6.45, 7) is 6.19. The van der Waals surface area contributed by atoms with Crippen LogP contribution in [0.5, 0.6) is 0 Å². The van der Waals surface area contributed by atoms with Crippen molar-refractivity contribution in [2.45, 2.75) is 57.9 Å². The monoisotopic (exact) mass is 251 g/mol. The molecule has 0 atom stereocenters. The Hall–Kier alpha value is -0.900. The van der Waals surface area contributed by atoms with Gasteiger partial charge in [0.15, 0.2) is 0 Å². The lowest BCUT2D eigenvalue weighted by molar-refractivity contribution is 0.183. The molecule has 0 spiro atoms. The van der Waals surface area contributed by atoms with Crippen LogP contribution in [-0.4, -0.2) is 28.5 Å². The summed E-state index contributed by atoms with van der Waals surface area (Å²) in [6.07, 6.45) is 8.24. The van der Waals surface area contributed by atoms with Crippen LogP contribution in [0.2, 0.25) is 0 Å². The lowest BCUT2D eigenvalue weighted by Crippen LogP contribution is -2.29. The van der Waals surface area contributed by atoms with Crippen LogP contribution in [0.15, 0.2) is 6.33 Å². The fourth-order valence-electron chi connectivity index (χ4n) is 3.37. The van der Waals surface area contributed by atoms with Gasteiger partial charge in [-0.3, -0.25) is 0 Å². The minimum atomic E-state index is 0.262. The van der Waals surface area contributed by atoms with Crippen molar-refractivity contribution in [2.24, 2.45) is 5.92 Å². The largest absolute Gasteiger partial charge is 0.383 e. The molecule has 0 saturated heterocycles. The van der Waals surface area contributed by atoms with Crippen molar-refractivity contribution in [1.29, 1.82) is 0 Å². The molecule has 1 saturated carbocycles. The zero-order chi connectivity index (χ0) is 13.0. The number of methoxy groups -OCH3 is 1. The van der Waals surface area contributed by atoms with Gasteiger partial charge in [0.25, 0.3) is 0 Å². The van der Waals surface area contributed by atoms with Crippen LogP contribution in [0.1, 0.15) is 51.8 Å². The molecule has 4 nitrogen and oxygen atoms in total. The van der Waals surface area contributed by atoms with E-state index in [9.17, 15) is 0 Å². The SMILES string of the molecule is COCCn1cnnc1C1(CC(C)C)CCCC1. The van der Waals surface area contributed by atoms with Crippen molar-refractivity contribution in [2.75, 3.05) is 13.7 Å². The molecule has 1 heterocycles. The van der Waals surface area contributed by atoms with E-state index in [0.717, 1.165) is 13.2 Å². The first-order valence-corrected chi connectivity index (χ1v) is 7.05. The molecular formula is C14H25N3O. The van der Waals surface area contributed by atoms with Crippen LogP contribution in [0.25, 0.3) is 0 Å². The minimum absolute atomic E-state index is 0.262. The maximum absolute atomic E-state index is 5.17. The second kappa shape index (κ2) is 5.83. The highest BCUT2D eigenvalue weighted by Gasteiger charge is 2.39. The predicted octanol–water partition coefficient (Wildman–Crippen LogP) is 2.78. The molecule has 0 aromatic carbocycles. The van der Waals surface area contributed by atoms with Crippen LogP contribution in [0, 0.1) is 5.92 Å². The Morgan fingerprint density at radius 2 is 2.11 bits per heavy atom. The Bertz CT molecular complexity index is 367. The molecule has 1 aromatic rings. The number of rotatable bonds is 6. The molecule has 0 N–H and O–H groups in total. The van der Waals surface area contributed by atoms with Gasteiger partial charge < -0.3 is 9.30 Å². The van der Waals surface area contributed by atoms with Gasteiger partial charge in [-0.05, 0) is 25.2 Å². The highest BCUT2D eigenvalue weighted by Crippen LogP contribution is 2.44. The van der Waals surface area contributed by atoms with Gasteiger partial charge in [-0.25, -0.2) is 0 Å². The summed E-state index contributed by atoms with van der Waals surface area (Å²) in [5, 5.41) is 8.56. The molecular weight excluding hydrogens is 226 g/mol. The lowest BCUT2D eigenvalue weighted by atomic mass is 9.77. The summed E-state index contributed by atoms with van der Waals surface area (Å²) in [6, 6.07) is 0. The van der Waals surface area contributed by atoms with Gasteiger partial charge in [-0.2, -0.15) is 0 Å². The minimum Gasteiger partial charge on any atom is -0.383 e. The van der Waals surface area contributed by atoms with Crippen molar-refractivity contribution in [3.63, 3.8) is 0 Å². The molecule has 0 bridgehead atoms. The summed E-state index contributed by atoms with van der Waals surface area (Å²) < 4.78 is 7.36. The third kappa shape index (κ3) is 2.74. The van der Waals surface area contributed by atoms with Gasteiger partial charge >= 0.3 is 0 Å².